The molecule has 340 valence electrons. The van der Waals surface area contributed by atoms with Gasteiger partial charge in [-0.25, -0.2) is 4.98 Å². The van der Waals surface area contributed by atoms with Crippen molar-refractivity contribution in [1.82, 2.24) is 22.9 Å². The first-order valence-electron chi connectivity index (χ1n) is 25.5. The van der Waals surface area contributed by atoms with Crippen LogP contribution < -0.4 is 0 Å². The van der Waals surface area contributed by atoms with Gasteiger partial charge >= 0.3 is 0 Å². The number of hydrogen-bond donors (Lipinski definition) is 0. The molecule has 0 amide bonds. The number of nitrogens with zero attached hydrogens (tertiary/aromatic N) is 5. The Hall–Kier alpha value is -9.97. The number of para-hydroxylation sites is 7. The predicted octanol–water partition coefficient (Wildman–Crippen LogP) is 18.1. The molecule has 0 aliphatic heterocycles. The van der Waals surface area contributed by atoms with E-state index in [1.807, 2.05) is 0 Å². The lowest BCUT2D eigenvalue weighted by Crippen LogP contribution is -1.93. The molecule has 0 saturated heterocycles. The zero-order chi connectivity index (χ0) is 47.9. The maximum Gasteiger partial charge on any atom is 0.146 e. The van der Waals surface area contributed by atoms with Crippen molar-refractivity contribution >= 4 is 131 Å². The van der Waals surface area contributed by atoms with Gasteiger partial charge in [-0.05, 0) is 94.7 Å². The number of fused-ring (bicyclic) bond motifs is 20. The molecule has 0 fully saturated rings. The molecule has 0 atom stereocenters. The second kappa shape index (κ2) is 13.9. The van der Waals surface area contributed by atoms with Crippen molar-refractivity contribution in [3.63, 3.8) is 0 Å². The van der Waals surface area contributed by atoms with E-state index in [0.717, 1.165) is 38.8 Å². The van der Waals surface area contributed by atoms with Crippen LogP contribution in [0.1, 0.15) is 0 Å². The average Bonchev–Trinajstić information content (AvgIpc) is 4.40. The van der Waals surface area contributed by atoms with Gasteiger partial charge in [0, 0.05) is 81.8 Å². The molecule has 5 heteroatoms. The van der Waals surface area contributed by atoms with Crippen LogP contribution in [0.4, 0.5) is 0 Å². The third kappa shape index (κ3) is 4.82. The summed E-state index contributed by atoms with van der Waals surface area (Å²) < 4.78 is 9.83. The van der Waals surface area contributed by atoms with E-state index in [1.54, 1.807) is 0 Å². The van der Waals surface area contributed by atoms with Crippen molar-refractivity contribution in [2.75, 3.05) is 0 Å². The second-order valence-electron chi connectivity index (χ2n) is 20.2. The summed E-state index contributed by atoms with van der Waals surface area (Å²) in [5, 5.41) is 16.0. The lowest BCUT2D eigenvalue weighted by Gasteiger charge is -2.10. The van der Waals surface area contributed by atoms with Gasteiger partial charge in [0.1, 0.15) is 5.65 Å². The van der Waals surface area contributed by atoms with Crippen molar-refractivity contribution in [3.05, 3.63) is 237 Å². The van der Waals surface area contributed by atoms with E-state index in [2.05, 4.69) is 255 Å². The molecule has 18 aromatic rings. The molecule has 18 rings (SSSR count). The SMILES string of the molecule is c1ccc(-n2c3ccccc3c3cc(-c4cccc5c6cccc7c8nc9c(cc8n(c45)c67)c4c5ccccc5cc5c6cccc(-c7ccc8c(c7)c7ccccc7n8-c7ccccc7)c6n9c54)ccc32)cc1. The van der Waals surface area contributed by atoms with Crippen LogP contribution >= 0.6 is 0 Å². The standard InChI is InChI=1S/C69H39N5/c1-3-17-43(18-4-1)71-58-30-11-9-22-48(58)54-36-41(32-34-60(54)71)46-24-13-26-50-51-27-15-29-53-64-62(73(65(46)50)67(51)53)39-57-63-45-21-8-7-16-40(45)38-56-52-28-14-25-47(66(52)74(68(56)63)69(57)70-64)42-33-35-61-55(37-42)49-23-10-12-31-59(49)72(61)44-19-5-2-6-20-44/h1-39H. The topological polar surface area (TPSA) is 31.6 Å². The Morgan fingerprint density at radius 3 is 1.39 bits per heavy atom. The fourth-order valence-corrected chi connectivity index (χ4v) is 13.6. The number of pyridine rings is 1. The summed E-state index contributed by atoms with van der Waals surface area (Å²) in [5.74, 6) is 0. The van der Waals surface area contributed by atoms with Gasteiger partial charge in [-0.15, -0.1) is 0 Å². The molecule has 0 radical (unpaired) electrons. The molecule has 0 spiro atoms. The highest BCUT2D eigenvalue weighted by molar-refractivity contribution is 6.34. The van der Waals surface area contributed by atoms with Gasteiger partial charge < -0.3 is 13.5 Å². The number of benzene rings is 11. The van der Waals surface area contributed by atoms with Gasteiger partial charge in [-0.3, -0.25) is 4.40 Å². The van der Waals surface area contributed by atoms with E-state index in [9.17, 15) is 0 Å². The third-order valence-corrected chi connectivity index (χ3v) is 16.6. The van der Waals surface area contributed by atoms with Crippen LogP contribution in [0.5, 0.6) is 0 Å². The van der Waals surface area contributed by atoms with E-state index in [4.69, 9.17) is 4.98 Å². The van der Waals surface area contributed by atoms with Crippen molar-refractivity contribution in [1.29, 1.82) is 0 Å². The van der Waals surface area contributed by atoms with E-state index in [0.29, 0.717) is 0 Å². The summed E-state index contributed by atoms with van der Waals surface area (Å²) >= 11 is 0. The molecule has 5 nitrogen and oxygen atoms in total. The van der Waals surface area contributed by atoms with Crippen LogP contribution in [0.25, 0.3) is 164 Å². The molecule has 11 aromatic carbocycles. The number of rotatable bonds is 4. The number of hydrogen-bond acceptors (Lipinski definition) is 1. The smallest absolute Gasteiger partial charge is 0.146 e. The molecular weight excluding hydrogens is 899 g/mol. The summed E-state index contributed by atoms with van der Waals surface area (Å²) in [5.41, 5.74) is 19.8. The first-order valence-corrected chi connectivity index (χ1v) is 25.5. The highest BCUT2D eigenvalue weighted by atomic mass is 15.0. The fourth-order valence-electron chi connectivity index (χ4n) is 13.6. The quantitative estimate of drug-likeness (QED) is 0.173. The van der Waals surface area contributed by atoms with Crippen molar-refractivity contribution < 1.29 is 0 Å². The molecule has 74 heavy (non-hydrogen) atoms. The minimum Gasteiger partial charge on any atom is -0.309 e. The normalized spacial score (nSPS) is 12.6. The Labute approximate surface area is 421 Å². The Morgan fingerprint density at radius 2 is 0.757 bits per heavy atom. The van der Waals surface area contributed by atoms with Crippen LogP contribution in [-0.2, 0) is 0 Å². The van der Waals surface area contributed by atoms with Crippen LogP contribution in [0.15, 0.2) is 237 Å². The Balaban J connectivity index is 0.932. The van der Waals surface area contributed by atoms with Crippen molar-refractivity contribution in [2.45, 2.75) is 0 Å². The maximum atomic E-state index is 5.93. The fraction of sp³-hybridized carbons (Fsp3) is 0. The first kappa shape index (κ1) is 38.7. The van der Waals surface area contributed by atoms with E-state index in [-0.39, 0.29) is 0 Å². The third-order valence-electron chi connectivity index (χ3n) is 16.6. The predicted molar refractivity (Wildman–Crippen MR) is 311 cm³/mol. The molecule has 0 aliphatic carbocycles. The second-order valence-corrected chi connectivity index (χ2v) is 20.2. The molecule has 0 aliphatic rings. The first-order chi connectivity index (χ1) is 36.7. The van der Waals surface area contributed by atoms with Gasteiger partial charge in [0.15, 0.2) is 0 Å². The zero-order valence-corrected chi connectivity index (χ0v) is 39.8. The van der Waals surface area contributed by atoms with Crippen molar-refractivity contribution in [3.8, 4) is 33.6 Å². The molecule has 7 heterocycles. The summed E-state index contributed by atoms with van der Waals surface area (Å²) in [4.78, 5) is 5.93. The minimum absolute atomic E-state index is 0.983. The number of aromatic nitrogens is 5. The summed E-state index contributed by atoms with van der Waals surface area (Å²) in [6.45, 7) is 0. The van der Waals surface area contributed by atoms with E-state index >= 15 is 0 Å². The highest BCUT2D eigenvalue weighted by Gasteiger charge is 2.27. The monoisotopic (exact) mass is 937 g/mol. The summed E-state index contributed by atoms with van der Waals surface area (Å²) in [7, 11) is 0. The lowest BCUT2D eigenvalue weighted by atomic mass is 9.98. The van der Waals surface area contributed by atoms with E-state index < -0.39 is 0 Å². The average molecular weight is 938 g/mol. The molecule has 0 bridgehead atoms. The maximum absolute atomic E-state index is 5.93. The largest absolute Gasteiger partial charge is 0.309 e. The Morgan fingerprint density at radius 1 is 0.270 bits per heavy atom. The van der Waals surface area contributed by atoms with Gasteiger partial charge in [0.25, 0.3) is 0 Å². The lowest BCUT2D eigenvalue weighted by molar-refractivity contribution is 1.18. The Bertz CT molecular complexity index is 5420. The zero-order valence-electron chi connectivity index (χ0n) is 39.8. The summed E-state index contributed by atoms with van der Waals surface area (Å²) in [6, 6.07) is 87.4. The minimum atomic E-state index is 0.983. The van der Waals surface area contributed by atoms with Crippen LogP contribution in [0.2, 0.25) is 0 Å². The highest BCUT2D eigenvalue weighted by Crippen LogP contribution is 2.49. The molecule has 0 saturated carbocycles. The van der Waals surface area contributed by atoms with E-state index in [1.165, 1.54) is 126 Å². The molecular formula is C69H39N5. The molecule has 0 unspecified atom stereocenters. The molecule has 0 N–H and O–H groups in total. The van der Waals surface area contributed by atoms with Gasteiger partial charge in [-0.1, -0.05) is 164 Å². The Kier molecular flexibility index (Phi) is 7.28. The summed E-state index contributed by atoms with van der Waals surface area (Å²) in [6.07, 6.45) is 0. The molecule has 7 aromatic heterocycles. The van der Waals surface area contributed by atoms with Gasteiger partial charge in [-0.2, -0.15) is 0 Å². The van der Waals surface area contributed by atoms with Crippen LogP contribution in [0.3, 0.4) is 0 Å². The van der Waals surface area contributed by atoms with Crippen molar-refractivity contribution in [2.24, 2.45) is 0 Å². The van der Waals surface area contributed by atoms with Crippen LogP contribution in [0, 0.1) is 0 Å². The van der Waals surface area contributed by atoms with Gasteiger partial charge in [0.2, 0.25) is 0 Å². The van der Waals surface area contributed by atoms with Gasteiger partial charge in [0.05, 0.1) is 55.2 Å². The van der Waals surface area contributed by atoms with Crippen LogP contribution in [-0.4, -0.2) is 22.9 Å².